The highest BCUT2D eigenvalue weighted by Gasteiger charge is 2.16. The van der Waals surface area contributed by atoms with Crippen LogP contribution in [0.15, 0.2) is 35.6 Å². The van der Waals surface area contributed by atoms with E-state index in [0.717, 1.165) is 48.5 Å². The van der Waals surface area contributed by atoms with E-state index in [1.807, 2.05) is 29.2 Å². The molecule has 5 nitrogen and oxygen atoms in total. The van der Waals surface area contributed by atoms with Crippen molar-refractivity contribution in [1.29, 1.82) is 0 Å². The monoisotopic (exact) mass is 302 g/mol. The summed E-state index contributed by atoms with van der Waals surface area (Å²) < 4.78 is 0. The summed E-state index contributed by atoms with van der Waals surface area (Å²) in [5.41, 5.74) is 0.918. The maximum absolute atomic E-state index is 12.3. The first-order valence-corrected chi connectivity index (χ1v) is 8.14. The molecule has 1 aliphatic heterocycles. The van der Waals surface area contributed by atoms with Crippen molar-refractivity contribution in [1.82, 2.24) is 20.2 Å². The number of fused-ring (bicyclic) bond motifs is 1. The van der Waals surface area contributed by atoms with Crippen LogP contribution in [0.4, 0.5) is 0 Å². The van der Waals surface area contributed by atoms with Crippen LogP contribution >= 0.6 is 11.8 Å². The second-order valence-electron chi connectivity index (χ2n) is 4.97. The Morgan fingerprint density at radius 2 is 2.14 bits per heavy atom. The van der Waals surface area contributed by atoms with Gasteiger partial charge in [-0.15, -0.1) is 0 Å². The molecule has 0 spiro atoms. The van der Waals surface area contributed by atoms with Gasteiger partial charge in [0.1, 0.15) is 11.4 Å². The summed E-state index contributed by atoms with van der Waals surface area (Å²) in [4.78, 5) is 22.8. The molecule has 0 aliphatic carbocycles. The lowest BCUT2D eigenvalue weighted by atomic mass is 10.2. The molecule has 1 N–H and O–H groups in total. The summed E-state index contributed by atoms with van der Waals surface area (Å²) in [6, 6.07) is 7.89. The summed E-state index contributed by atoms with van der Waals surface area (Å²) in [6.45, 7) is 3.52. The minimum atomic E-state index is 0.186. The van der Waals surface area contributed by atoms with Crippen molar-refractivity contribution in [3.8, 4) is 0 Å². The highest BCUT2D eigenvalue weighted by Crippen LogP contribution is 2.24. The molecule has 0 atom stereocenters. The Hall–Kier alpha value is -1.66. The summed E-state index contributed by atoms with van der Waals surface area (Å²) in [5, 5.41) is 5.20. The fourth-order valence-electron chi connectivity index (χ4n) is 2.41. The Bertz CT molecular complexity index is 621. The Morgan fingerprint density at radius 1 is 1.24 bits per heavy atom. The fourth-order valence-corrected chi connectivity index (χ4v) is 3.30. The van der Waals surface area contributed by atoms with Crippen LogP contribution < -0.4 is 5.32 Å². The van der Waals surface area contributed by atoms with Crippen molar-refractivity contribution in [2.24, 2.45) is 0 Å². The van der Waals surface area contributed by atoms with Gasteiger partial charge in [-0.3, -0.25) is 4.79 Å². The molecule has 110 valence electrons. The highest BCUT2D eigenvalue weighted by molar-refractivity contribution is 8.00. The van der Waals surface area contributed by atoms with Gasteiger partial charge >= 0.3 is 0 Å². The van der Waals surface area contributed by atoms with Gasteiger partial charge in [-0.25, -0.2) is 9.97 Å². The molecule has 2 aromatic rings. The van der Waals surface area contributed by atoms with Crippen LogP contribution in [0.1, 0.15) is 6.42 Å². The number of carbonyl (C=O) groups is 1. The summed E-state index contributed by atoms with van der Waals surface area (Å²) in [6.07, 6.45) is 2.58. The molecule has 1 amide bonds. The summed E-state index contributed by atoms with van der Waals surface area (Å²) >= 11 is 1.50. The maximum Gasteiger partial charge on any atom is 0.233 e. The van der Waals surface area contributed by atoms with E-state index < -0.39 is 0 Å². The molecule has 1 aromatic carbocycles. The van der Waals surface area contributed by atoms with E-state index in [4.69, 9.17) is 0 Å². The first-order valence-electron chi connectivity index (χ1n) is 7.15. The van der Waals surface area contributed by atoms with Gasteiger partial charge in [0.2, 0.25) is 5.91 Å². The first kappa shape index (κ1) is 14.3. The van der Waals surface area contributed by atoms with Gasteiger partial charge in [-0.05, 0) is 19.0 Å². The van der Waals surface area contributed by atoms with Crippen LogP contribution in [0.5, 0.6) is 0 Å². The number of benzene rings is 1. The number of amides is 1. The number of hydrogen-bond acceptors (Lipinski definition) is 5. The molecule has 0 unspecified atom stereocenters. The van der Waals surface area contributed by atoms with Gasteiger partial charge in [0.05, 0.1) is 11.3 Å². The van der Waals surface area contributed by atoms with Crippen LogP contribution in [0.3, 0.4) is 0 Å². The Morgan fingerprint density at radius 3 is 3.10 bits per heavy atom. The minimum absolute atomic E-state index is 0.186. The molecule has 1 aromatic heterocycles. The number of hydrogen-bond donors (Lipinski definition) is 1. The molecule has 3 rings (SSSR count). The average Bonchev–Trinajstić information content (AvgIpc) is 2.82. The first-order chi connectivity index (χ1) is 10.3. The maximum atomic E-state index is 12.3. The molecule has 1 aliphatic rings. The van der Waals surface area contributed by atoms with Crippen molar-refractivity contribution in [2.75, 3.05) is 31.9 Å². The van der Waals surface area contributed by atoms with Crippen molar-refractivity contribution >= 4 is 28.6 Å². The topological polar surface area (TPSA) is 58.1 Å². The lowest BCUT2D eigenvalue weighted by molar-refractivity contribution is -0.128. The van der Waals surface area contributed by atoms with E-state index in [0.29, 0.717) is 5.75 Å². The van der Waals surface area contributed by atoms with E-state index in [2.05, 4.69) is 15.3 Å². The third-order valence-corrected chi connectivity index (χ3v) is 4.52. The quantitative estimate of drug-likeness (QED) is 0.688. The lowest BCUT2D eigenvalue weighted by Gasteiger charge is -2.19. The van der Waals surface area contributed by atoms with Crippen LogP contribution in [-0.2, 0) is 4.79 Å². The van der Waals surface area contributed by atoms with Crippen LogP contribution in [0.25, 0.3) is 10.9 Å². The number of nitrogens with one attached hydrogen (secondary N) is 1. The van der Waals surface area contributed by atoms with Crippen LogP contribution in [0.2, 0.25) is 0 Å². The second kappa shape index (κ2) is 6.87. The van der Waals surface area contributed by atoms with Crippen molar-refractivity contribution < 1.29 is 4.79 Å². The molecular formula is C15H18N4OS. The zero-order valence-electron chi connectivity index (χ0n) is 11.8. The van der Waals surface area contributed by atoms with E-state index >= 15 is 0 Å². The number of aromatic nitrogens is 2. The van der Waals surface area contributed by atoms with Crippen molar-refractivity contribution in [3.05, 3.63) is 30.6 Å². The van der Waals surface area contributed by atoms with E-state index in [9.17, 15) is 4.79 Å². The molecule has 21 heavy (non-hydrogen) atoms. The second-order valence-corrected chi connectivity index (χ2v) is 5.93. The van der Waals surface area contributed by atoms with Gasteiger partial charge in [0, 0.05) is 25.0 Å². The zero-order valence-corrected chi connectivity index (χ0v) is 12.6. The molecule has 0 saturated carbocycles. The molecule has 2 heterocycles. The summed E-state index contributed by atoms with van der Waals surface area (Å²) in [5.74, 6) is 0.618. The normalized spacial score (nSPS) is 15.9. The number of thioether (sulfide) groups is 1. The third kappa shape index (κ3) is 3.51. The van der Waals surface area contributed by atoms with E-state index in [1.165, 1.54) is 11.8 Å². The number of para-hydroxylation sites is 1. The number of rotatable bonds is 3. The predicted octanol–water partition coefficient (Wildman–Crippen LogP) is 1.54. The Kier molecular flexibility index (Phi) is 4.67. The lowest BCUT2D eigenvalue weighted by Crippen LogP contribution is -2.35. The SMILES string of the molecule is O=C(CSc1ncnc2ccccc12)N1CCCNCC1. The molecule has 0 radical (unpaired) electrons. The third-order valence-electron chi connectivity index (χ3n) is 3.53. The molecule has 0 bridgehead atoms. The zero-order chi connectivity index (χ0) is 14.5. The number of carbonyl (C=O) groups excluding carboxylic acids is 1. The Labute approximate surface area is 128 Å². The van der Waals surface area contributed by atoms with E-state index in [1.54, 1.807) is 6.33 Å². The molecule has 6 heteroatoms. The van der Waals surface area contributed by atoms with Gasteiger partial charge in [-0.2, -0.15) is 0 Å². The smallest absolute Gasteiger partial charge is 0.233 e. The summed E-state index contributed by atoms with van der Waals surface area (Å²) in [7, 11) is 0. The van der Waals surface area contributed by atoms with Gasteiger partial charge in [0.15, 0.2) is 0 Å². The van der Waals surface area contributed by atoms with Crippen molar-refractivity contribution in [3.63, 3.8) is 0 Å². The van der Waals surface area contributed by atoms with Gasteiger partial charge < -0.3 is 10.2 Å². The van der Waals surface area contributed by atoms with E-state index in [-0.39, 0.29) is 5.91 Å². The number of nitrogens with zero attached hydrogens (tertiary/aromatic N) is 3. The Balaban J connectivity index is 1.67. The fraction of sp³-hybridized carbons (Fsp3) is 0.400. The highest BCUT2D eigenvalue weighted by atomic mass is 32.2. The predicted molar refractivity (Wildman–Crippen MR) is 84.3 cm³/mol. The largest absolute Gasteiger partial charge is 0.341 e. The van der Waals surface area contributed by atoms with Gasteiger partial charge in [0.25, 0.3) is 0 Å². The molecular weight excluding hydrogens is 284 g/mol. The van der Waals surface area contributed by atoms with Gasteiger partial charge in [-0.1, -0.05) is 30.0 Å². The van der Waals surface area contributed by atoms with Crippen LogP contribution in [-0.4, -0.2) is 52.7 Å². The standard InChI is InChI=1S/C15H18N4OS/c20-14(19-8-3-6-16-7-9-19)10-21-15-12-4-1-2-5-13(12)17-11-18-15/h1-2,4-5,11,16H,3,6-10H2. The molecule has 1 fully saturated rings. The van der Waals surface area contributed by atoms with Crippen molar-refractivity contribution in [2.45, 2.75) is 11.4 Å². The average molecular weight is 302 g/mol. The molecule has 1 saturated heterocycles. The minimum Gasteiger partial charge on any atom is -0.341 e. The van der Waals surface area contributed by atoms with Crippen LogP contribution in [0, 0.1) is 0 Å².